The number of likely N-dealkylation sites (tertiary alicyclic amines) is 1. The van der Waals surface area contributed by atoms with E-state index in [0.717, 1.165) is 42.1 Å². The van der Waals surface area contributed by atoms with Gasteiger partial charge in [-0.05, 0) is 57.8 Å². The maximum atomic E-state index is 5.78. The minimum atomic E-state index is 0.453. The zero-order valence-electron chi connectivity index (χ0n) is 12.9. The number of hydrogen-bond donors (Lipinski definition) is 1. The molecular formula is C16H24N4S. The smallest absolute Gasteiger partial charge is 0.129 e. The fraction of sp³-hybridized carbons (Fsp3) is 0.625. The molecule has 1 aromatic rings. The van der Waals surface area contributed by atoms with Gasteiger partial charge in [0.15, 0.2) is 0 Å². The number of piperidine rings is 2. The fourth-order valence-corrected chi connectivity index (χ4v) is 3.93. The van der Waals surface area contributed by atoms with Crippen LogP contribution in [0.25, 0.3) is 0 Å². The zero-order valence-corrected chi connectivity index (χ0v) is 13.7. The van der Waals surface area contributed by atoms with Crippen molar-refractivity contribution in [3.63, 3.8) is 0 Å². The van der Waals surface area contributed by atoms with Crippen molar-refractivity contribution in [2.24, 2.45) is 11.7 Å². The second-order valence-corrected chi connectivity index (χ2v) is 6.84. The van der Waals surface area contributed by atoms with Gasteiger partial charge in [0, 0.05) is 30.4 Å². The Labute approximate surface area is 132 Å². The van der Waals surface area contributed by atoms with E-state index >= 15 is 0 Å². The molecule has 2 fully saturated rings. The molecule has 5 heteroatoms. The van der Waals surface area contributed by atoms with E-state index in [1.807, 2.05) is 19.1 Å². The lowest BCUT2D eigenvalue weighted by Gasteiger charge is -2.46. The number of aryl methyl sites for hydroxylation is 1. The molecule has 2 saturated heterocycles. The van der Waals surface area contributed by atoms with E-state index in [2.05, 4.69) is 16.8 Å². The van der Waals surface area contributed by atoms with E-state index in [-0.39, 0.29) is 0 Å². The van der Waals surface area contributed by atoms with Crippen molar-refractivity contribution in [1.29, 1.82) is 0 Å². The highest BCUT2D eigenvalue weighted by Crippen LogP contribution is 2.31. The molecule has 21 heavy (non-hydrogen) atoms. The first-order chi connectivity index (χ1) is 10.0. The van der Waals surface area contributed by atoms with Gasteiger partial charge >= 0.3 is 0 Å². The van der Waals surface area contributed by atoms with Gasteiger partial charge in [0.05, 0.1) is 0 Å². The molecule has 2 N–H and O–H groups in total. The summed E-state index contributed by atoms with van der Waals surface area (Å²) in [7, 11) is 2.27. The predicted molar refractivity (Wildman–Crippen MR) is 90.8 cm³/mol. The van der Waals surface area contributed by atoms with Crippen LogP contribution in [0.15, 0.2) is 12.1 Å². The van der Waals surface area contributed by atoms with Gasteiger partial charge in [0.2, 0.25) is 0 Å². The SMILES string of the molecule is Cc1cc(C(N)=S)cc(N2CCC3C(CCCN3C)C2)n1. The summed E-state index contributed by atoms with van der Waals surface area (Å²) in [5.74, 6) is 1.79. The molecule has 1 aromatic heterocycles. The number of thiocarbonyl (C=S) groups is 1. The van der Waals surface area contributed by atoms with Crippen LogP contribution in [-0.4, -0.2) is 47.6 Å². The van der Waals surface area contributed by atoms with Crippen LogP contribution in [0.5, 0.6) is 0 Å². The molecule has 0 bridgehead atoms. The van der Waals surface area contributed by atoms with Crippen LogP contribution in [0.4, 0.5) is 5.82 Å². The molecule has 114 valence electrons. The van der Waals surface area contributed by atoms with Gasteiger partial charge in [0.1, 0.15) is 10.8 Å². The molecule has 0 spiro atoms. The van der Waals surface area contributed by atoms with Gasteiger partial charge in [-0.2, -0.15) is 0 Å². The number of aromatic nitrogens is 1. The number of nitrogens with two attached hydrogens (primary N) is 1. The Kier molecular flexibility index (Phi) is 4.13. The largest absolute Gasteiger partial charge is 0.389 e. The van der Waals surface area contributed by atoms with E-state index in [9.17, 15) is 0 Å². The molecule has 3 rings (SSSR count). The molecule has 2 atom stereocenters. The summed E-state index contributed by atoms with van der Waals surface area (Å²) in [6, 6.07) is 4.75. The zero-order chi connectivity index (χ0) is 15.0. The molecule has 0 aromatic carbocycles. The van der Waals surface area contributed by atoms with Crippen molar-refractivity contribution in [2.75, 3.05) is 31.6 Å². The summed E-state index contributed by atoms with van der Waals surface area (Å²) in [5.41, 5.74) is 7.69. The quantitative estimate of drug-likeness (QED) is 0.846. The number of anilines is 1. The molecule has 2 unspecified atom stereocenters. The second-order valence-electron chi connectivity index (χ2n) is 6.40. The Balaban J connectivity index is 1.80. The van der Waals surface area contributed by atoms with E-state index < -0.39 is 0 Å². The van der Waals surface area contributed by atoms with Crippen molar-refractivity contribution in [1.82, 2.24) is 9.88 Å². The lowest BCUT2D eigenvalue weighted by Crippen LogP contribution is -2.53. The highest BCUT2D eigenvalue weighted by molar-refractivity contribution is 7.80. The van der Waals surface area contributed by atoms with Crippen LogP contribution in [-0.2, 0) is 0 Å². The van der Waals surface area contributed by atoms with Crippen molar-refractivity contribution in [2.45, 2.75) is 32.2 Å². The molecule has 4 nitrogen and oxygen atoms in total. The third kappa shape index (κ3) is 3.04. The third-order valence-corrected chi connectivity index (χ3v) is 5.13. The Morgan fingerprint density at radius 1 is 1.33 bits per heavy atom. The number of rotatable bonds is 2. The van der Waals surface area contributed by atoms with Gasteiger partial charge in [-0.3, -0.25) is 0 Å². The van der Waals surface area contributed by atoms with Crippen molar-refractivity contribution in [3.8, 4) is 0 Å². The van der Waals surface area contributed by atoms with Crippen molar-refractivity contribution >= 4 is 23.0 Å². The number of nitrogens with zero attached hydrogens (tertiary/aromatic N) is 3. The lowest BCUT2D eigenvalue weighted by atomic mass is 9.84. The Morgan fingerprint density at radius 3 is 2.90 bits per heavy atom. The van der Waals surface area contributed by atoms with Gasteiger partial charge in [-0.15, -0.1) is 0 Å². The van der Waals surface area contributed by atoms with Gasteiger partial charge < -0.3 is 15.5 Å². The summed E-state index contributed by atoms with van der Waals surface area (Å²) >= 11 is 5.12. The number of hydrogen-bond acceptors (Lipinski definition) is 4. The highest BCUT2D eigenvalue weighted by Gasteiger charge is 2.34. The molecule has 0 saturated carbocycles. The summed E-state index contributed by atoms with van der Waals surface area (Å²) in [5, 5.41) is 0. The molecule has 3 heterocycles. The van der Waals surface area contributed by atoms with Crippen LogP contribution in [0, 0.1) is 12.8 Å². The van der Waals surface area contributed by atoms with Crippen LogP contribution >= 0.6 is 12.2 Å². The number of pyridine rings is 1. The van der Waals surface area contributed by atoms with Crippen LogP contribution in [0.3, 0.4) is 0 Å². The van der Waals surface area contributed by atoms with Crippen molar-refractivity contribution < 1.29 is 0 Å². The van der Waals surface area contributed by atoms with Gasteiger partial charge in [-0.1, -0.05) is 12.2 Å². The molecule has 0 aliphatic carbocycles. The normalized spacial score (nSPS) is 26.5. The maximum Gasteiger partial charge on any atom is 0.129 e. The van der Waals surface area contributed by atoms with Crippen LogP contribution in [0.1, 0.15) is 30.5 Å². The monoisotopic (exact) mass is 304 g/mol. The maximum absolute atomic E-state index is 5.78. The van der Waals surface area contributed by atoms with Gasteiger partial charge in [0.25, 0.3) is 0 Å². The topological polar surface area (TPSA) is 45.4 Å². The Hall–Kier alpha value is -1.20. The first kappa shape index (κ1) is 14.7. The van der Waals surface area contributed by atoms with Crippen molar-refractivity contribution in [3.05, 3.63) is 23.4 Å². The lowest BCUT2D eigenvalue weighted by molar-refractivity contribution is 0.102. The first-order valence-electron chi connectivity index (χ1n) is 7.78. The molecule has 0 amide bonds. The van der Waals surface area contributed by atoms with E-state index in [4.69, 9.17) is 22.9 Å². The summed E-state index contributed by atoms with van der Waals surface area (Å²) in [6.45, 7) is 5.42. The molecule has 0 radical (unpaired) electrons. The average molecular weight is 304 g/mol. The molecule has 2 aliphatic heterocycles. The summed E-state index contributed by atoms with van der Waals surface area (Å²) < 4.78 is 0. The fourth-order valence-electron chi connectivity index (χ4n) is 3.82. The average Bonchev–Trinajstić information content (AvgIpc) is 2.46. The van der Waals surface area contributed by atoms with Crippen LogP contribution in [0.2, 0.25) is 0 Å². The Morgan fingerprint density at radius 2 is 2.14 bits per heavy atom. The van der Waals surface area contributed by atoms with E-state index in [1.165, 1.54) is 25.8 Å². The highest BCUT2D eigenvalue weighted by atomic mass is 32.1. The predicted octanol–water partition coefficient (Wildman–Crippen LogP) is 1.94. The minimum Gasteiger partial charge on any atom is -0.389 e. The Bertz CT molecular complexity index is 545. The van der Waals surface area contributed by atoms with E-state index in [1.54, 1.807) is 0 Å². The first-order valence-corrected chi connectivity index (χ1v) is 8.19. The standard InChI is InChI=1S/C16H24N4S/c1-11-8-13(16(17)21)9-15(18-11)20-7-5-14-12(10-20)4-3-6-19(14)2/h8-9,12,14H,3-7,10H2,1-2H3,(H2,17,21). The number of fused-ring (bicyclic) bond motifs is 1. The van der Waals surface area contributed by atoms with E-state index in [0.29, 0.717) is 4.99 Å². The summed E-state index contributed by atoms with van der Waals surface area (Å²) in [6.07, 6.45) is 3.86. The molecular weight excluding hydrogens is 280 g/mol. The van der Waals surface area contributed by atoms with Gasteiger partial charge in [-0.25, -0.2) is 4.98 Å². The minimum absolute atomic E-state index is 0.453. The molecule has 2 aliphatic rings. The summed E-state index contributed by atoms with van der Waals surface area (Å²) in [4.78, 5) is 10.1. The third-order valence-electron chi connectivity index (χ3n) is 4.89. The van der Waals surface area contributed by atoms with Crippen LogP contribution < -0.4 is 10.6 Å². The second kappa shape index (κ2) is 5.89.